The molecule has 0 bridgehead atoms. The summed E-state index contributed by atoms with van der Waals surface area (Å²) in [5.41, 5.74) is 22.8. The molecule has 2 nitrogen and oxygen atoms in total. The van der Waals surface area contributed by atoms with E-state index in [1.807, 2.05) is 0 Å². The number of hydrogen-bond donors (Lipinski definition) is 0. The van der Waals surface area contributed by atoms with Crippen LogP contribution < -0.4 is 0 Å². The van der Waals surface area contributed by atoms with Gasteiger partial charge in [0.15, 0.2) is 0 Å². The molecule has 2 aromatic carbocycles. The summed E-state index contributed by atoms with van der Waals surface area (Å²) in [5.74, 6) is 0. The molecule has 89 heavy (non-hydrogen) atoms. The van der Waals surface area contributed by atoms with Crippen molar-refractivity contribution in [2.45, 2.75) is 413 Å². The van der Waals surface area contributed by atoms with E-state index in [-0.39, 0.29) is 0 Å². The van der Waals surface area contributed by atoms with Crippen molar-refractivity contribution >= 4 is 31.8 Å². The molecule has 514 valence electrons. The second kappa shape index (κ2) is 64.8. The normalized spacial score (nSPS) is 12.8. The van der Waals surface area contributed by atoms with E-state index >= 15 is 0 Å². The Labute approximate surface area is 570 Å². The molecule has 1 heterocycles. The van der Waals surface area contributed by atoms with E-state index < -0.39 is 0 Å². The van der Waals surface area contributed by atoms with Gasteiger partial charge in [-0.1, -0.05) is 397 Å². The SMILES string of the molecule is CCCCCCCCCCCCCCCCCCCCCCCCC=CCCc1ccccc1C1=C(CCCC)C(CCCCCCCC)=C(c2ccccc2CCC=CCCCCCCCCCCCCCCCCCCCCCCCC)[N+]1=[N-].[Cl][Ni][Cl]. The number of hydrogen-bond acceptors (Lipinski definition) is 0. The van der Waals surface area contributed by atoms with Gasteiger partial charge < -0.3 is 5.53 Å². The molecule has 0 aromatic heterocycles. The molecule has 0 atom stereocenters. The first-order chi connectivity index (χ1) is 44.1. The first-order valence-corrected chi connectivity index (χ1v) is 42.1. The van der Waals surface area contributed by atoms with Crippen molar-refractivity contribution in [1.82, 2.24) is 0 Å². The molecule has 5 heteroatoms. The number of aryl methyl sites for hydroxylation is 2. The molecule has 0 saturated carbocycles. The number of nitrogens with zero attached hydrogens (tertiary/aromatic N) is 2. The molecular weight excluding hydrogens is 1170 g/mol. The number of halogens is 2. The maximum atomic E-state index is 12.7. The second-order valence-corrected chi connectivity index (χ2v) is 29.0. The van der Waals surface area contributed by atoms with Crippen molar-refractivity contribution in [2.24, 2.45) is 0 Å². The standard InChI is InChI=1S/C84H144N2.2ClH.Ni/c1-5-9-13-16-19-21-23-25-27-29-31-33-35-37-39-41-43-45-47-49-51-53-55-57-59-62-69-77-71-65-67-74-79(77)83-81(73-12-8-4)82(76-64-61-18-15-11-7-3)84(86(83)85)80-75-68-66-72-78(80)70-63-60-58-56-54-52-50-48-46-44-42-40-38-36-34-32-30-28-26-24-22-20-17-14-10-6-2;;;/h57-60,65-68,71-72,74-75H,5-56,61-64,69-70,73,76H2,1-4H3;2*1H;/q;;;+2/p-2. The van der Waals surface area contributed by atoms with Crippen molar-refractivity contribution in [3.63, 3.8) is 0 Å². The van der Waals surface area contributed by atoms with Gasteiger partial charge in [0, 0.05) is 22.3 Å². The summed E-state index contributed by atoms with van der Waals surface area (Å²) in [5, 5.41) is 0. The molecule has 0 unspecified atom stereocenters. The quantitative estimate of drug-likeness (QED) is 0.0273. The zero-order valence-electron chi connectivity index (χ0n) is 59.3. The molecule has 1 aliphatic heterocycles. The van der Waals surface area contributed by atoms with Gasteiger partial charge in [-0.3, -0.25) is 0 Å². The van der Waals surface area contributed by atoms with Gasteiger partial charge >= 0.3 is 33.0 Å². The van der Waals surface area contributed by atoms with Crippen molar-refractivity contribution in [3.8, 4) is 0 Å². The fourth-order valence-corrected chi connectivity index (χ4v) is 13.8. The van der Waals surface area contributed by atoms with Crippen LogP contribution in [0.5, 0.6) is 0 Å². The van der Waals surface area contributed by atoms with Crippen LogP contribution in [0.2, 0.25) is 0 Å². The Hall–Kier alpha value is -1.93. The summed E-state index contributed by atoms with van der Waals surface area (Å²) >= 11 is 0.569. The number of unbranched alkanes of at least 4 members (excludes halogenated alkanes) is 50. The zero-order chi connectivity index (χ0) is 63.8. The Bertz CT molecular complexity index is 2010. The van der Waals surface area contributed by atoms with Gasteiger partial charge in [-0.05, 0) is 100 Å². The molecule has 1 aliphatic rings. The Morgan fingerprint density at radius 3 is 0.764 bits per heavy atom. The first-order valence-electron chi connectivity index (χ1n) is 39.3. The molecule has 2 aromatic rings. The van der Waals surface area contributed by atoms with Gasteiger partial charge in [-0.15, -0.1) is 0 Å². The van der Waals surface area contributed by atoms with Crippen molar-refractivity contribution in [3.05, 3.63) is 112 Å². The third-order valence-electron chi connectivity index (χ3n) is 19.4. The van der Waals surface area contributed by atoms with Crippen molar-refractivity contribution in [1.29, 1.82) is 0 Å². The van der Waals surface area contributed by atoms with Gasteiger partial charge in [0.05, 0.1) is 0 Å². The van der Waals surface area contributed by atoms with E-state index in [0.717, 1.165) is 62.8 Å². The second-order valence-electron chi connectivity index (χ2n) is 27.4. The van der Waals surface area contributed by atoms with E-state index in [1.54, 1.807) is 4.70 Å². The third kappa shape index (κ3) is 45.2. The Morgan fingerprint density at radius 2 is 0.494 bits per heavy atom. The van der Waals surface area contributed by atoms with Crippen LogP contribution >= 0.6 is 20.4 Å². The van der Waals surface area contributed by atoms with Gasteiger partial charge in [0.2, 0.25) is 11.4 Å². The van der Waals surface area contributed by atoms with Crippen LogP contribution in [0, 0.1) is 0 Å². The molecular formula is C84H144Cl2N2Ni. The number of benzene rings is 2. The molecule has 0 amide bonds. The summed E-state index contributed by atoms with van der Waals surface area (Å²) in [4.78, 5) is 0. The minimum atomic E-state index is 0.569. The monoisotopic (exact) mass is 1310 g/mol. The maximum absolute atomic E-state index is 12.7. The van der Waals surface area contributed by atoms with Gasteiger partial charge in [-0.2, -0.15) is 0 Å². The molecule has 0 spiro atoms. The van der Waals surface area contributed by atoms with Crippen LogP contribution in [-0.2, 0) is 25.5 Å². The summed E-state index contributed by atoms with van der Waals surface area (Å²) in [6.07, 6.45) is 91.5. The van der Waals surface area contributed by atoms with E-state index in [4.69, 9.17) is 20.4 Å². The summed E-state index contributed by atoms with van der Waals surface area (Å²) < 4.78 is 1.67. The molecule has 0 radical (unpaired) electrons. The van der Waals surface area contributed by atoms with Crippen LogP contribution in [0.1, 0.15) is 422 Å². The zero-order valence-corrected chi connectivity index (χ0v) is 61.8. The number of allylic oxidation sites excluding steroid dienone is 6. The fraction of sp³-hybridized carbons (Fsp3) is 0.762. The first kappa shape index (κ1) is 83.2. The predicted octanol–water partition coefficient (Wildman–Crippen LogP) is 31.1. The van der Waals surface area contributed by atoms with Gasteiger partial charge in [0.1, 0.15) is 0 Å². The number of rotatable bonds is 64. The molecule has 0 fully saturated rings. The summed E-state index contributed by atoms with van der Waals surface area (Å²) in [6.45, 7) is 9.26. The Kier molecular flexibility index (Phi) is 60.5. The van der Waals surface area contributed by atoms with E-state index in [1.165, 1.54) is 367 Å². The third-order valence-corrected chi connectivity index (χ3v) is 19.4. The van der Waals surface area contributed by atoms with Crippen LogP contribution in [0.25, 0.3) is 16.9 Å². The fourth-order valence-electron chi connectivity index (χ4n) is 13.8. The predicted molar refractivity (Wildman–Crippen MR) is 398 cm³/mol. The van der Waals surface area contributed by atoms with Crippen LogP contribution in [0.4, 0.5) is 0 Å². The van der Waals surface area contributed by atoms with Crippen LogP contribution in [-0.4, -0.2) is 4.70 Å². The van der Waals surface area contributed by atoms with Crippen LogP contribution in [0.3, 0.4) is 0 Å². The topological polar surface area (TPSA) is 25.3 Å². The molecule has 0 aliphatic carbocycles. The van der Waals surface area contributed by atoms with E-state index in [2.05, 4.69) is 101 Å². The van der Waals surface area contributed by atoms with Crippen molar-refractivity contribution < 1.29 is 17.4 Å². The minimum absolute atomic E-state index is 0.569. The molecule has 3 rings (SSSR count). The van der Waals surface area contributed by atoms with E-state index in [9.17, 15) is 5.53 Å². The Morgan fingerprint density at radius 1 is 0.281 bits per heavy atom. The molecule has 0 N–H and O–H groups in total. The van der Waals surface area contributed by atoms with E-state index in [0.29, 0.717) is 12.7 Å². The summed E-state index contributed by atoms with van der Waals surface area (Å²) in [6, 6.07) is 18.1. The average molecular weight is 1310 g/mol. The summed E-state index contributed by atoms with van der Waals surface area (Å²) in [7, 11) is 9.40. The van der Waals surface area contributed by atoms with Crippen LogP contribution in [0.15, 0.2) is 84.0 Å². The van der Waals surface area contributed by atoms with Gasteiger partial charge in [-0.25, -0.2) is 4.70 Å². The Balaban J connectivity index is 0.00000881. The average Bonchev–Trinajstić information content (AvgIpc) is 1.85. The van der Waals surface area contributed by atoms with Crippen molar-refractivity contribution in [2.75, 3.05) is 0 Å². The van der Waals surface area contributed by atoms with Gasteiger partial charge in [0.25, 0.3) is 0 Å². The molecule has 0 saturated heterocycles.